The number of benzene rings is 1. The molecule has 0 saturated carbocycles. The van der Waals surface area contributed by atoms with Crippen molar-refractivity contribution in [1.82, 2.24) is 0 Å². The number of rotatable bonds is 5. The number of halogens is 2. The van der Waals surface area contributed by atoms with Crippen molar-refractivity contribution in [2.75, 3.05) is 14.2 Å². The Morgan fingerprint density at radius 1 is 1.20 bits per heavy atom. The van der Waals surface area contributed by atoms with E-state index >= 15 is 0 Å². The van der Waals surface area contributed by atoms with Crippen molar-refractivity contribution in [3.63, 3.8) is 0 Å². The summed E-state index contributed by atoms with van der Waals surface area (Å²) in [5.41, 5.74) is 0.832. The van der Waals surface area contributed by atoms with Gasteiger partial charge < -0.3 is 9.57 Å². The Bertz CT molecular complexity index is 581. The average molecular weight is 316 g/mol. The van der Waals surface area contributed by atoms with Crippen LogP contribution in [0.25, 0.3) is 6.08 Å². The van der Waals surface area contributed by atoms with Crippen molar-refractivity contribution >= 4 is 46.2 Å². The third-order valence-corrected chi connectivity index (χ3v) is 2.83. The lowest BCUT2D eigenvalue weighted by Crippen LogP contribution is -2.18. The highest BCUT2D eigenvalue weighted by Crippen LogP contribution is 2.18. The minimum Gasteiger partial charge on any atom is -0.464 e. The lowest BCUT2D eigenvalue weighted by Gasteiger charge is -2.07. The largest absolute Gasteiger partial charge is 0.464 e. The summed E-state index contributed by atoms with van der Waals surface area (Å²) < 4.78 is 4.63. The predicted molar refractivity (Wildman–Crippen MR) is 76.7 cm³/mol. The van der Waals surface area contributed by atoms with Crippen LogP contribution in [0.2, 0.25) is 0 Å². The second kappa shape index (κ2) is 7.67. The van der Waals surface area contributed by atoms with E-state index in [1.807, 2.05) is 0 Å². The van der Waals surface area contributed by atoms with Gasteiger partial charge in [-0.3, -0.25) is 4.79 Å². The molecule has 0 atom stereocenters. The lowest BCUT2D eigenvalue weighted by molar-refractivity contribution is -0.132. The van der Waals surface area contributed by atoms with Crippen LogP contribution in [0.4, 0.5) is 0 Å². The number of carbonyl (C=O) groups is 2. The predicted octanol–water partition coefficient (Wildman–Crippen LogP) is 2.56. The van der Waals surface area contributed by atoms with Crippen molar-refractivity contribution in [2.24, 2.45) is 5.16 Å². The summed E-state index contributed by atoms with van der Waals surface area (Å²) in [5.74, 6) is -0.680. The third-order valence-electron chi connectivity index (χ3n) is 2.25. The van der Waals surface area contributed by atoms with E-state index in [0.29, 0.717) is 11.1 Å². The minimum atomic E-state index is -0.801. The Morgan fingerprint density at radius 2 is 1.85 bits per heavy atom. The number of ether oxygens (including phenoxy) is 1. The number of hydrogen-bond donors (Lipinski definition) is 0. The van der Waals surface area contributed by atoms with Gasteiger partial charge in [-0.1, -0.05) is 41.0 Å². The molecule has 0 aliphatic heterocycles. The van der Waals surface area contributed by atoms with Gasteiger partial charge in [-0.2, -0.15) is 0 Å². The average Bonchev–Trinajstić information content (AvgIpc) is 2.44. The molecule has 106 valence electrons. The minimum absolute atomic E-state index is 0.0478. The van der Waals surface area contributed by atoms with Crippen LogP contribution >= 0.6 is 23.2 Å². The van der Waals surface area contributed by atoms with E-state index in [9.17, 15) is 9.59 Å². The van der Waals surface area contributed by atoms with Crippen molar-refractivity contribution in [2.45, 2.75) is 0 Å². The standard InChI is InChI=1S/C13H11Cl2NO4/c1-19-13(18)11(16-20-2)9-6-4-3-5-8(9)7-10(14)12(15)17/h3-7H,1-2H3. The molecule has 0 saturated heterocycles. The molecule has 0 bridgehead atoms. The van der Waals surface area contributed by atoms with Gasteiger partial charge in [-0.25, -0.2) is 4.79 Å². The molecule has 0 heterocycles. The molecule has 20 heavy (non-hydrogen) atoms. The number of carbonyl (C=O) groups excluding carboxylic acids is 2. The molecule has 1 aromatic carbocycles. The zero-order valence-corrected chi connectivity index (χ0v) is 12.2. The molecule has 0 aromatic heterocycles. The fourth-order valence-corrected chi connectivity index (χ4v) is 1.59. The summed E-state index contributed by atoms with van der Waals surface area (Å²) >= 11 is 11.0. The molecular formula is C13H11Cl2NO4. The molecule has 7 heteroatoms. The molecule has 1 rings (SSSR count). The fraction of sp³-hybridized carbons (Fsp3) is 0.154. The van der Waals surface area contributed by atoms with E-state index in [0.717, 1.165) is 0 Å². The lowest BCUT2D eigenvalue weighted by atomic mass is 10.0. The van der Waals surface area contributed by atoms with Gasteiger partial charge in [0.1, 0.15) is 12.1 Å². The zero-order valence-electron chi connectivity index (χ0n) is 10.7. The van der Waals surface area contributed by atoms with Crippen LogP contribution in [-0.4, -0.2) is 31.1 Å². The monoisotopic (exact) mass is 315 g/mol. The summed E-state index contributed by atoms with van der Waals surface area (Å²) in [7, 11) is 2.53. The van der Waals surface area contributed by atoms with E-state index in [-0.39, 0.29) is 10.7 Å². The number of nitrogens with zero attached hydrogens (tertiary/aromatic N) is 1. The van der Waals surface area contributed by atoms with Gasteiger partial charge in [0.05, 0.1) is 7.11 Å². The molecule has 0 aliphatic carbocycles. The van der Waals surface area contributed by atoms with E-state index in [1.165, 1.54) is 20.3 Å². The first-order valence-electron chi connectivity index (χ1n) is 5.37. The second-order valence-corrected chi connectivity index (χ2v) is 4.22. The Balaban J connectivity index is 3.38. The third kappa shape index (κ3) is 4.08. The smallest absolute Gasteiger partial charge is 0.360 e. The Labute approximate surface area is 125 Å². The highest BCUT2D eigenvalue weighted by molar-refractivity contribution is 6.74. The maximum absolute atomic E-state index is 11.7. The number of oxime groups is 1. The summed E-state index contributed by atoms with van der Waals surface area (Å²) in [6, 6.07) is 6.66. The first-order valence-corrected chi connectivity index (χ1v) is 6.12. The number of allylic oxidation sites excluding steroid dienone is 1. The van der Waals surface area contributed by atoms with Gasteiger partial charge in [0.2, 0.25) is 0 Å². The topological polar surface area (TPSA) is 65.0 Å². The molecular weight excluding hydrogens is 305 g/mol. The summed E-state index contributed by atoms with van der Waals surface area (Å²) in [5, 5.41) is 2.65. The van der Waals surface area contributed by atoms with E-state index in [2.05, 4.69) is 14.7 Å². The zero-order chi connectivity index (χ0) is 15.1. The fourth-order valence-electron chi connectivity index (χ4n) is 1.42. The molecule has 0 amide bonds. The normalized spacial score (nSPS) is 12.0. The van der Waals surface area contributed by atoms with Gasteiger partial charge >= 0.3 is 5.97 Å². The van der Waals surface area contributed by atoms with Crippen LogP contribution in [-0.2, 0) is 19.2 Å². The molecule has 5 nitrogen and oxygen atoms in total. The SMILES string of the molecule is CON=C(C(=O)OC)c1ccccc1C=C(Cl)C(=O)Cl. The van der Waals surface area contributed by atoms with Crippen LogP contribution in [0.3, 0.4) is 0 Å². The van der Waals surface area contributed by atoms with E-state index < -0.39 is 11.2 Å². The van der Waals surface area contributed by atoms with Crippen molar-refractivity contribution in [3.05, 3.63) is 40.4 Å². The Hall–Kier alpha value is -1.85. The molecule has 0 unspecified atom stereocenters. The van der Waals surface area contributed by atoms with Crippen molar-refractivity contribution < 1.29 is 19.2 Å². The van der Waals surface area contributed by atoms with Crippen LogP contribution in [0.5, 0.6) is 0 Å². The number of esters is 1. The highest BCUT2D eigenvalue weighted by Gasteiger charge is 2.18. The maximum Gasteiger partial charge on any atom is 0.360 e. The quantitative estimate of drug-likeness (QED) is 0.275. The van der Waals surface area contributed by atoms with Crippen molar-refractivity contribution in [1.29, 1.82) is 0 Å². The van der Waals surface area contributed by atoms with E-state index in [4.69, 9.17) is 23.2 Å². The molecule has 0 aliphatic rings. The first kappa shape index (κ1) is 16.2. The summed E-state index contributed by atoms with van der Waals surface area (Å²) in [6.45, 7) is 0. The summed E-state index contributed by atoms with van der Waals surface area (Å²) in [6.07, 6.45) is 1.33. The van der Waals surface area contributed by atoms with Gasteiger partial charge in [0.25, 0.3) is 5.24 Å². The molecule has 0 fully saturated rings. The van der Waals surface area contributed by atoms with Gasteiger partial charge in [-0.05, 0) is 23.2 Å². The molecule has 0 N–H and O–H groups in total. The van der Waals surface area contributed by atoms with Gasteiger partial charge in [-0.15, -0.1) is 0 Å². The molecule has 1 aromatic rings. The van der Waals surface area contributed by atoms with Gasteiger partial charge in [0, 0.05) is 5.56 Å². The maximum atomic E-state index is 11.7. The van der Waals surface area contributed by atoms with E-state index in [1.54, 1.807) is 24.3 Å². The van der Waals surface area contributed by atoms with Crippen LogP contribution in [0.15, 0.2) is 34.5 Å². The number of methoxy groups -OCH3 is 1. The molecule has 0 radical (unpaired) electrons. The van der Waals surface area contributed by atoms with Crippen LogP contribution < -0.4 is 0 Å². The van der Waals surface area contributed by atoms with Crippen LogP contribution in [0, 0.1) is 0 Å². The van der Waals surface area contributed by atoms with Crippen LogP contribution in [0.1, 0.15) is 11.1 Å². The van der Waals surface area contributed by atoms with Crippen molar-refractivity contribution in [3.8, 4) is 0 Å². The first-order chi connectivity index (χ1) is 9.51. The highest BCUT2D eigenvalue weighted by atomic mass is 35.5. The second-order valence-electron chi connectivity index (χ2n) is 3.47. The van der Waals surface area contributed by atoms with Gasteiger partial charge in [0.15, 0.2) is 5.71 Å². The number of hydrogen-bond acceptors (Lipinski definition) is 5. The Kier molecular flexibility index (Phi) is 6.21. The summed E-state index contributed by atoms with van der Waals surface area (Å²) in [4.78, 5) is 27.3. The Morgan fingerprint density at radius 3 is 2.40 bits per heavy atom. The molecule has 0 spiro atoms.